The Morgan fingerprint density at radius 3 is 2.17 bits per heavy atom. The maximum absolute atomic E-state index is 9.59. The third-order valence-corrected chi connectivity index (χ3v) is 1.82. The summed E-state index contributed by atoms with van der Waals surface area (Å²) < 4.78 is 0. The summed E-state index contributed by atoms with van der Waals surface area (Å²) in [5.41, 5.74) is 0. The van der Waals surface area contributed by atoms with Gasteiger partial charge in [0.1, 0.15) is 0 Å². The first-order chi connectivity index (χ1) is 5.49. The van der Waals surface area contributed by atoms with Crippen LogP contribution in [0, 0.1) is 23.2 Å². The van der Waals surface area contributed by atoms with E-state index in [0.717, 1.165) is 0 Å². The minimum absolute atomic E-state index is 0.148. The Morgan fingerprint density at radius 1 is 1.42 bits per heavy atom. The lowest BCUT2D eigenvalue weighted by Gasteiger charge is -2.22. The molecule has 0 spiro atoms. The van der Waals surface area contributed by atoms with Crippen molar-refractivity contribution in [3.05, 3.63) is 0 Å². The summed E-state index contributed by atoms with van der Waals surface area (Å²) in [4.78, 5) is 1.92. The second-order valence-electron chi connectivity index (χ2n) is 3.73. The summed E-state index contributed by atoms with van der Waals surface area (Å²) >= 11 is 0. The van der Waals surface area contributed by atoms with E-state index in [-0.39, 0.29) is 11.8 Å². The molecule has 3 heteroatoms. The lowest BCUT2D eigenvalue weighted by atomic mass is 9.94. The normalized spacial score (nSPS) is 16.2. The molecule has 1 N–H and O–H groups in total. The van der Waals surface area contributed by atoms with Crippen LogP contribution in [0.5, 0.6) is 0 Å². The number of aliphatic hydroxyl groups excluding tert-OH is 1. The summed E-state index contributed by atoms with van der Waals surface area (Å²) in [6.07, 6.45) is -0.516. The molecule has 0 aliphatic rings. The van der Waals surface area contributed by atoms with E-state index in [2.05, 4.69) is 6.07 Å². The first-order valence-electron chi connectivity index (χ1n) is 4.21. The maximum Gasteiger partial charge on any atom is 0.0851 e. The van der Waals surface area contributed by atoms with Crippen molar-refractivity contribution in [2.24, 2.45) is 11.8 Å². The van der Waals surface area contributed by atoms with E-state index in [0.29, 0.717) is 6.54 Å². The summed E-state index contributed by atoms with van der Waals surface area (Å²) in [5, 5.41) is 18.3. The number of rotatable bonds is 4. The van der Waals surface area contributed by atoms with E-state index < -0.39 is 6.10 Å². The van der Waals surface area contributed by atoms with Crippen LogP contribution in [0.1, 0.15) is 13.8 Å². The standard InChI is InChI=1S/C9H18N2O/c1-7(2)9(12)8(5-10)6-11(3)4/h7-9,12H,6H2,1-4H3/t8-,9+/m1/s1. The van der Waals surface area contributed by atoms with E-state index in [4.69, 9.17) is 5.26 Å². The van der Waals surface area contributed by atoms with Crippen molar-refractivity contribution in [2.75, 3.05) is 20.6 Å². The second-order valence-corrected chi connectivity index (χ2v) is 3.73. The van der Waals surface area contributed by atoms with Crippen molar-refractivity contribution in [2.45, 2.75) is 20.0 Å². The minimum Gasteiger partial charge on any atom is -0.391 e. The van der Waals surface area contributed by atoms with Crippen LogP contribution in [0.4, 0.5) is 0 Å². The minimum atomic E-state index is -0.516. The highest BCUT2D eigenvalue weighted by molar-refractivity contribution is 4.90. The Balaban J connectivity index is 4.08. The highest BCUT2D eigenvalue weighted by Crippen LogP contribution is 2.12. The Hall–Kier alpha value is -0.590. The van der Waals surface area contributed by atoms with Crippen molar-refractivity contribution < 1.29 is 5.11 Å². The van der Waals surface area contributed by atoms with Crippen molar-refractivity contribution in [3.63, 3.8) is 0 Å². The fourth-order valence-electron chi connectivity index (χ4n) is 1.08. The fraction of sp³-hybridized carbons (Fsp3) is 0.889. The molecule has 0 aromatic rings. The molecule has 12 heavy (non-hydrogen) atoms. The molecule has 3 nitrogen and oxygen atoms in total. The molecule has 0 bridgehead atoms. The number of hydrogen-bond donors (Lipinski definition) is 1. The van der Waals surface area contributed by atoms with Gasteiger partial charge in [0.05, 0.1) is 18.1 Å². The van der Waals surface area contributed by atoms with Gasteiger partial charge in [-0.3, -0.25) is 0 Å². The lowest BCUT2D eigenvalue weighted by Crippen LogP contribution is -2.33. The van der Waals surface area contributed by atoms with Crippen molar-refractivity contribution in [1.82, 2.24) is 4.90 Å². The first-order valence-corrected chi connectivity index (χ1v) is 4.21. The number of nitriles is 1. The van der Waals surface area contributed by atoms with E-state index in [1.54, 1.807) is 0 Å². The van der Waals surface area contributed by atoms with Crippen LogP contribution in [-0.2, 0) is 0 Å². The van der Waals surface area contributed by atoms with E-state index in [9.17, 15) is 5.11 Å². The zero-order valence-corrected chi connectivity index (χ0v) is 8.28. The molecule has 0 fully saturated rings. The van der Waals surface area contributed by atoms with Gasteiger partial charge in [-0.25, -0.2) is 0 Å². The van der Waals surface area contributed by atoms with E-state index in [1.807, 2.05) is 32.8 Å². The number of hydrogen-bond acceptors (Lipinski definition) is 3. The van der Waals surface area contributed by atoms with Crippen LogP contribution in [0.25, 0.3) is 0 Å². The monoisotopic (exact) mass is 170 g/mol. The summed E-state index contributed by atoms with van der Waals surface area (Å²) in [6.45, 7) is 4.46. The van der Waals surface area contributed by atoms with Crippen molar-refractivity contribution in [3.8, 4) is 6.07 Å². The summed E-state index contributed by atoms with van der Waals surface area (Å²) in [6, 6.07) is 2.12. The van der Waals surface area contributed by atoms with E-state index in [1.165, 1.54) is 0 Å². The maximum atomic E-state index is 9.59. The Kier molecular flexibility index (Phi) is 4.87. The smallest absolute Gasteiger partial charge is 0.0851 e. The molecule has 0 aliphatic heterocycles. The fourth-order valence-corrected chi connectivity index (χ4v) is 1.08. The Bertz CT molecular complexity index is 160. The van der Waals surface area contributed by atoms with Crippen LogP contribution < -0.4 is 0 Å². The average Bonchev–Trinajstić information content (AvgIpc) is 1.98. The van der Waals surface area contributed by atoms with E-state index >= 15 is 0 Å². The predicted molar refractivity (Wildman–Crippen MR) is 48.5 cm³/mol. The van der Waals surface area contributed by atoms with Gasteiger partial charge in [-0.2, -0.15) is 5.26 Å². The number of nitrogens with zero attached hydrogens (tertiary/aromatic N) is 2. The topological polar surface area (TPSA) is 47.3 Å². The molecule has 0 aromatic heterocycles. The van der Waals surface area contributed by atoms with Crippen molar-refractivity contribution in [1.29, 1.82) is 5.26 Å². The third kappa shape index (κ3) is 3.70. The van der Waals surface area contributed by atoms with Gasteiger partial charge in [-0.1, -0.05) is 13.8 Å². The average molecular weight is 170 g/mol. The van der Waals surface area contributed by atoms with Crippen LogP contribution in [-0.4, -0.2) is 36.8 Å². The van der Waals surface area contributed by atoms with Gasteiger partial charge in [0.25, 0.3) is 0 Å². The van der Waals surface area contributed by atoms with Crippen molar-refractivity contribution >= 4 is 0 Å². The molecule has 0 radical (unpaired) electrons. The second kappa shape index (κ2) is 5.13. The van der Waals surface area contributed by atoms with Crippen LogP contribution in [0.3, 0.4) is 0 Å². The van der Waals surface area contributed by atoms with Crippen LogP contribution in [0.15, 0.2) is 0 Å². The molecule has 0 unspecified atom stereocenters. The molecule has 0 saturated carbocycles. The molecule has 0 saturated heterocycles. The predicted octanol–water partition coefficient (Wildman–Crippen LogP) is 0.705. The molecular formula is C9H18N2O. The molecule has 2 atom stereocenters. The van der Waals surface area contributed by atoms with Gasteiger partial charge in [0.15, 0.2) is 0 Å². The van der Waals surface area contributed by atoms with Crippen LogP contribution in [0.2, 0.25) is 0 Å². The van der Waals surface area contributed by atoms with Gasteiger partial charge >= 0.3 is 0 Å². The molecule has 0 aliphatic carbocycles. The van der Waals surface area contributed by atoms with Gasteiger partial charge < -0.3 is 10.0 Å². The first kappa shape index (κ1) is 11.4. The summed E-state index contributed by atoms with van der Waals surface area (Å²) in [5.74, 6) is -0.130. The molecule has 0 heterocycles. The molecule has 70 valence electrons. The Morgan fingerprint density at radius 2 is 1.92 bits per heavy atom. The molecule has 0 amide bonds. The molecule has 0 aromatic carbocycles. The molecular weight excluding hydrogens is 152 g/mol. The largest absolute Gasteiger partial charge is 0.391 e. The zero-order valence-electron chi connectivity index (χ0n) is 8.28. The number of aliphatic hydroxyl groups is 1. The lowest BCUT2D eigenvalue weighted by molar-refractivity contribution is 0.0754. The quantitative estimate of drug-likeness (QED) is 0.675. The molecule has 0 rings (SSSR count). The SMILES string of the molecule is CC(C)[C@H](O)[C@H](C#N)CN(C)C. The summed E-state index contributed by atoms with van der Waals surface area (Å²) in [7, 11) is 3.80. The highest BCUT2D eigenvalue weighted by Gasteiger charge is 2.22. The zero-order chi connectivity index (χ0) is 9.72. The highest BCUT2D eigenvalue weighted by atomic mass is 16.3. The van der Waals surface area contributed by atoms with Gasteiger partial charge in [0, 0.05) is 6.54 Å². The third-order valence-electron chi connectivity index (χ3n) is 1.82. The van der Waals surface area contributed by atoms with Gasteiger partial charge in [0.2, 0.25) is 0 Å². The van der Waals surface area contributed by atoms with Gasteiger partial charge in [-0.15, -0.1) is 0 Å². The Labute approximate surface area is 74.6 Å². The van der Waals surface area contributed by atoms with Crippen LogP contribution >= 0.6 is 0 Å². The van der Waals surface area contributed by atoms with Gasteiger partial charge in [-0.05, 0) is 20.0 Å².